The summed E-state index contributed by atoms with van der Waals surface area (Å²) in [6.45, 7) is 2.25. The summed E-state index contributed by atoms with van der Waals surface area (Å²) in [6.07, 6.45) is 0.123. The van der Waals surface area contributed by atoms with Crippen LogP contribution in [0.4, 0.5) is 0 Å². The molecule has 124 valence electrons. The molecule has 3 rings (SSSR count). The molecule has 0 unspecified atom stereocenters. The molecule has 24 heavy (non-hydrogen) atoms. The Morgan fingerprint density at radius 1 is 1.04 bits per heavy atom. The van der Waals surface area contributed by atoms with Crippen molar-refractivity contribution in [1.29, 1.82) is 0 Å². The Balaban J connectivity index is 2.01. The third kappa shape index (κ3) is 3.63. The summed E-state index contributed by atoms with van der Waals surface area (Å²) < 4.78 is 5.32. The molecular formula is C19H20N2O3. The van der Waals surface area contributed by atoms with Gasteiger partial charge in [0, 0.05) is 18.7 Å². The van der Waals surface area contributed by atoms with Crippen molar-refractivity contribution in [1.82, 2.24) is 4.90 Å². The Morgan fingerprint density at radius 2 is 1.75 bits per heavy atom. The van der Waals surface area contributed by atoms with Gasteiger partial charge in [0.2, 0.25) is 5.91 Å². The van der Waals surface area contributed by atoms with Crippen LogP contribution in [0.25, 0.3) is 11.1 Å². The van der Waals surface area contributed by atoms with E-state index in [2.05, 4.69) is 0 Å². The Bertz CT molecular complexity index is 738. The molecule has 5 nitrogen and oxygen atoms in total. The van der Waals surface area contributed by atoms with Gasteiger partial charge < -0.3 is 15.4 Å². The van der Waals surface area contributed by atoms with Crippen molar-refractivity contribution in [2.45, 2.75) is 6.42 Å². The lowest BCUT2D eigenvalue weighted by atomic mass is 9.95. The minimum atomic E-state index is -0.410. The zero-order chi connectivity index (χ0) is 16.9. The maximum absolute atomic E-state index is 13.0. The summed E-state index contributed by atoms with van der Waals surface area (Å²) in [7, 11) is 0. The average Bonchev–Trinajstić information content (AvgIpc) is 2.62. The van der Waals surface area contributed by atoms with Crippen LogP contribution in [0.2, 0.25) is 0 Å². The SMILES string of the molecule is NC(=O)Cc1ccc(-c2ccccc2)c(C(=O)N2CCOCC2)c1. The van der Waals surface area contributed by atoms with Gasteiger partial charge in [-0.15, -0.1) is 0 Å². The molecule has 0 bridgehead atoms. The van der Waals surface area contributed by atoms with Gasteiger partial charge in [-0.25, -0.2) is 0 Å². The molecule has 5 heteroatoms. The van der Waals surface area contributed by atoms with Gasteiger partial charge in [-0.1, -0.05) is 42.5 Å². The minimum Gasteiger partial charge on any atom is -0.378 e. The van der Waals surface area contributed by atoms with E-state index in [-0.39, 0.29) is 12.3 Å². The lowest BCUT2D eigenvalue weighted by Crippen LogP contribution is -2.40. The Kier molecular flexibility index (Phi) is 4.91. The Hall–Kier alpha value is -2.66. The van der Waals surface area contributed by atoms with Crippen molar-refractivity contribution in [3.63, 3.8) is 0 Å². The van der Waals surface area contributed by atoms with E-state index in [0.29, 0.717) is 31.9 Å². The van der Waals surface area contributed by atoms with E-state index in [1.54, 1.807) is 11.0 Å². The van der Waals surface area contributed by atoms with Crippen LogP contribution in [-0.4, -0.2) is 43.0 Å². The van der Waals surface area contributed by atoms with Gasteiger partial charge in [0.1, 0.15) is 0 Å². The van der Waals surface area contributed by atoms with Crippen LogP contribution in [0.3, 0.4) is 0 Å². The largest absolute Gasteiger partial charge is 0.378 e. The number of ether oxygens (including phenoxy) is 1. The van der Waals surface area contributed by atoms with Gasteiger partial charge >= 0.3 is 0 Å². The Labute approximate surface area is 141 Å². The quantitative estimate of drug-likeness (QED) is 0.933. The van der Waals surface area contributed by atoms with Crippen LogP contribution in [0.1, 0.15) is 15.9 Å². The van der Waals surface area contributed by atoms with E-state index in [4.69, 9.17) is 10.5 Å². The number of hydrogen-bond donors (Lipinski definition) is 1. The third-order valence-electron chi connectivity index (χ3n) is 4.08. The highest BCUT2D eigenvalue weighted by molar-refractivity contribution is 6.01. The predicted octanol–water partition coefficient (Wildman–Crippen LogP) is 1.85. The predicted molar refractivity (Wildman–Crippen MR) is 91.5 cm³/mol. The van der Waals surface area contributed by atoms with Gasteiger partial charge in [0.05, 0.1) is 19.6 Å². The monoisotopic (exact) mass is 324 g/mol. The highest BCUT2D eigenvalue weighted by atomic mass is 16.5. The maximum atomic E-state index is 13.0. The van der Waals surface area contributed by atoms with Gasteiger partial charge in [-0.3, -0.25) is 9.59 Å². The number of morpholine rings is 1. The first-order chi connectivity index (χ1) is 11.6. The van der Waals surface area contributed by atoms with Crippen molar-refractivity contribution >= 4 is 11.8 Å². The molecule has 0 radical (unpaired) electrons. The first-order valence-corrected chi connectivity index (χ1v) is 7.99. The summed E-state index contributed by atoms with van der Waals surface area (Å²) in [5, 5.41) is 0. The highest BCUT2D eigenvalue weighted by Crippen LogP contribution is 2.26. The molecule has 2 aromatic carbocycles. The first-order valence-electron chi connectivity index (χ1n) is 7.99. The second-order valence-corrected chi connectivity index (χ2v) is 5.79. The van der Waals surface area contributed by atoms with Gasteiger partial charge in [-0.05, 0) is 22.8 Å². The summed E-state index contributed by atoms with van der Waals surface area (Å²) >= 11 is 0. The lowest BCUT2D eigenvalue weighted by molar-refractivity contribution is -0.117. The third-order valence-corrected chi connectivity index (χ3v) is 4.08. The number of amides is 2. The molecule has 2 amide bonds. The topological polar surface area (TPSA) is 72.6 Å². The van der Waals surface area contributed by atoms with Crippen LogP contribution in [-0.2, 0) is 16.0 Å². The fourth-order valence-corrected chi connectivity index (χ4v) is 2.89. The van der Waals surface area contributed by atoms with Crippen molar-refractivity contribution < 1.29 is 14.3 Å². The molecule has 0 saturated carbocycles. The van der Waals surface area contributed by atoms with Crippen LogP contribution in [0.15, 0.2) is 48.5 Å². The molecule has 1 aliphatic heterocycles. The molecule has 1 saturated heterocycles. The smallest absolute Gasteiger partial charge is 0.254 e. The number of rotatable bonds is 4. The molecule has 0 spiro atoms. The standard InChI is InChI=1S/C19H20N2O3/c20-18(22)13-14-6-7-16(15-4-2-1-3-5-15)17(12-14)19(23)21-8-10-24-11-9-21/h1-7,12H,8-11,13H2,(H2,20,22). The molecule has 1 fully saturated rings. The lowest BCUT2D eigenvalue weighted by Gasteiger charge is -2.28. The van der Waals surface area contributed by atoms with Crippen molar-refractivity contribution in [3.05, 3.63) is 59.7 Å². The summed E-state index contributed by atoms with van der Waals surface area (Å²) in [5.41, 5.74) is 8.47. The fraction of sp³-hybridized carbons (Fsp3) is 0.263. The number of carbonyl (C=O) groups is 2. The zero-order valence-corrected chi connectivity index (χ0v) is 13.4. The number of hydrogen-bond acceptors (Lipinski definition) is 3. The molecule has 0 atom stereocenters. The van der Waals surface area contributed by atoms with E-state index < -0.39 is 5.91 Å². The summed E-state index contributed by atoms with van der Waals surface area (Å²) in [6, 6.07) is 15.3. The maximum Gasteiger partial charge on any atom is 0.254 e. The molecule has 1 aliphatic rings. The normalized spacial score (nSPS) is 14.4. The van der Waals surface area contributed by atoms with E-state index in [0.717, 1.165) is 16.7 Å². The first kappa shape index (κ1) is 16.2. The summed E-state index contributed by atoms with van der Waals surface area (Å²) in [4.78, 5) is 26.0. The number of carbonyl (C=O) groups excluding carboxylic acids is 2. The second kappa shape index (κ2) is 7.27. The molecule has 2 aromatic rings. The highest BCUT2D eigenvalue weighted by Gasteiger charge is 2.22. The minimum absolute atomic E-state index is 0.0385. The van der Waals surface area contributed by atoms with Crippen molar-refractivity contribution in [2.75, 3.05) is 26.3 Å². The number of benzene rings is 2. The van der Waals surface area contributed by atoms with E-state index in [1.807, 2.05) is 42.5 Å². The zero-order valence-electron chi connectivity index (χ0n) is 13.4. The van der Waals surface area contributed by atoms with E-state index in [9.17, 15) is 9.59 Å². The van der Waals surface area contributed by atoms with Gasteiger partial charge in [-0.2, -0.15) is 0 Å². The van der Waals surface area contributed by atoms with E-state index in [1.165, 1.54) is 0 Å². The van der Waals surface area contributed by atoms with Crippen LogP contribution in [0, 0.1) is 0 Å². The van der Waals surface area contributed by atoms with Crippen LogP contribution >= 0.6 is 0 Å². The number of nitrogens with two attached hydrogens (primary N) is 1. The van der Waals surface area contributed by atoms with Gasteiger partial charge in [0.15, 0.2) is 0 Å². The Morgan fingerprint density at radius 3 is 2.42 bits per heavy atom. The molecule has 0 aromatic heterocycles. The molecule has 1 heterocycles. The average molecular weight is 324 g/mol. The molecule has 2 N–H and O–H groups in total. The molecular weight excluding hydrogens is 304 g/mol. The van der Waals surface area contributed by atoms with Crippen molar-refractivity contribution in [2.24, 2.45) is 5.73 Å². The molecule has 0 aliphatic carbocycles. The van der Waals surface area contributed by atoms with Crippen LogP contribution in [0.5, 0.6) is 0 Å². The summed E-state index contributed by atoms with van der Waals surface area (Å²) in [5.74, 6) is -0.448. The second-order valence-electron chi connectivity index (χ2n) is 5.79. The number of primary amides is 1. The number of nitrogens with zero attached hydrogens (tertiary/aromatic N) is 1. The van der Waals surface area contributed by atoms with Gasteiger partial charge in [0.25, 0.3) is 5.91 Å². The van der Waals surface area contributed by atoms with E-state index >= 15 is 0 Å². The fourth-order valence-electron chi connectivity index (χ4n) is 2.89. The van der Waals surface area contributed by atoms with Crippen LogP contribution < -0.4 is 5.73 Å². The van der Waals surface area contributed by atoms with Crippen molar-refractivity contribution in [3.8, 4) is 11.1 Å².